The number of likely N-dealkylation sites (tertiary alicyclic amines) is 1. The summed E-state index contributed by atoms with van der Waals surface area (Å²) in [6.45, 7) is 4.68. The van der Waals surface area contributed by atoms with Crippen molar-refractivity contribution in [3.8, 4) is 0 Å². The van der Waals surface area contributed by atoms with Crippen LogP contribution in [0.1, 0.15) is 29.3 Å². The standard InChI is InChI=1S/C10H15N3OS/c1-6-4-12-10(15-6)7(2)13-5-8(11)3-9(13)14/h4,7-8H,3,5,11H2,1-2H3. The number of nitrogens with two attached hydrogens (primary N) is 1. The Kier molecular flexibility index (Phi) is 2.75. The fourth-order valence-corrected chi connectivity index (χ4v) is 2.67. The van der Waals surface area contributed by atoms with Crippen LogP contribution in [0.2, 0.25) is 0 Å². The number of hydrogen-bond donors (Lipinski definition) is 1. The van der Waals surface area contributed by atoms with E-state index in [1.165, 1.54) is 4.88 Å². The van der Waals surface area contributed by atoms with Gasteiger partial charge in [-0.1, -0.05) is 0 Å². The SMILES string of the molecule is Cc1cnc(C(C)N2CC(N)CC2=O)s1. The Bertz CT molecular complexity index is 376. The molecule has 0 bridgehead atoms. The number of nitrogens with zero attached hydrogens (tertiary/aromatic N) is 2. The summed E-state index contributed by atoms with van der Waals surface area (Å²) in [5.74, 6) is 0.142. The third-order valence-corrected chi connectivity index (χ3v) is 3.74. The molecular weight excluding hydrogens is 210 g/mol. The summed E-state index contributed by atoms with van der Waals surface area (Å²) in [5.41, 5.74) is 5.76. The third-order valence-electron chi connectivity index (χ3n) is 2.65. The molecule has 2 unspecified atom stereocenters. The molecular formula is C10H15N3OS. The van der Waals surface area contributed by atoms with E-state index in [1.54, 1.807) is 11.3 Å². The zero-order chi connectivity index (χ0) is 11.0. The van der Waals surface area contributed by atoms with E-state index in [9.17, 15) is 4.79 Å². The maximum Gasteiger partial charge on any atom is 0.224 e. The van der Waals surface area contributed by atoms with Gasteiger partial charge in [0.25, 0.3) is 0 Å². The number of aromatic nitrogens is 1. The number of carbonyl (C=O) groups excluding carboxylic acids is 1. The summed E-state index contributed by atoms with van der Waals surface area (Å²) >= 11 is 1.64. The number of hydrogen-bond acceptors (Lipinski definition) is 4. The first-order chi connectivity index (χ1) is 7.08. The van der Waals surface area contributed by atoms with Crippen molar-refractivity contribution in [2.45, 2.75) is 32.4 Å². The van der Waals surface area contributed by atoms with Crippen LogP contribution in [0, 0.1) is 6.92 Å². The number of carbonyl (C=O) groups is 1. The minimum Gasteiger partial charge on any atom is -0.332 e. The van der Waals surface area contributed by atoms with Gasteiger partial charge in [-0.3, -0.25) is 4.79 Å². The molecule has 0 radical (unpaired) electrons. The quantitative estimate of drug-likeness (QED) is 0.819. The van der Waals surface area contributed by atoms with E-state index in [0.717, 1.165) is 5.01 Å². The lowest BCUT2D eigenvalue weighted by atomic mass is 10.3. The molecule has 2 atom stereocenters. The van der Waals surface area contributed by atoms with E-state index in [2.05, 4.69) is 4.98 Å². The van der Waals surface area contributed by atoms with Crippen molar-refractivity contribution >= 4 is 17.2 Å². The topological polar surface area (TPSA) is 59.2 Å². The molecule has 15 heavy (non-hydrogen) atoms. The predicted octanol–water partition coefficient (Wildman–Crippen LogP) is 1.07. The molecule has 0 saturated carbocycles. The number of thiazole rings is 1. The van der Waals surface area contributed by atoms with Crippen LogP contribution < -0.4 is 5.73 Å². The Morgan fingerprint density at radius 2 is 2.47 bits per heavy atom. The zero-order valence-electron chi connectivity index (χ0n) is 8.93. The molecule has 4 nitrogen and oxygen atoms in total. The van der Waals surface area contributed by atoms with Gasteiger partial charge in [-0.05, 0) is 13.8 Å². The van der Waals surface area contributed by atoms with E-state index in [0.29, 0.717) is 13.0 Å². The molecule has 0 aromatic carbocycles. The second kappa shape index (κ2) is 3.90. The van der Waals surface area contributed by atoms with Gasteiger partial charge >= 0.3 is 0 Å². The third kappa shape index (κ3) is 2.03. The summed E-state index contributed by atoms with van der Waals surface area (Å²) < 4.78 is 0. The Morgan fingerprint density at radius 1 is 1.73 bits per heavy atom. The number of amides is 1. The second-order valence-corrected chi connectivity index (χ2v) is 5.26. The highest BCUT2D eigenvalue weighted by Gasteiger charge is 2.32. The maximum absolute atomic E-state index is 11.6. The monoisotopic (exact) mass is 225 g/mol. The van der Waals surface area contributed by atoms with Crippen LogP contribution in [-0.4, -0.2) is 28.4 Å². The first-order valence-electron chi connectivity index (χ1n) is 5.05. The Balaban J connectivity index is 2.14. The lowest BCUT2D eigenvalue weighted by molar-refractivity contribution is -0.129. The second-order valence-electron chi connectivity index (χ2n) is 4.00. The number of aryl methyl sites for hydroxylation is 1. The Hall–Kier alpha value is -0.940. The minimum atomic E-state index is -0.0130. The highest BCUT2D eigenvalue weighted by Crippen LogP contribution is 2.27. The van der Waals surface area contributed by atoms with Crippen LogP contribution in [0.3, 0.4) is 0 Å². The maximum atomic E-state index is 11.6. The first-order valence-corrected chi connectivity index (χ1v) is 5.87. The molecule has 5 heteroatoms. The van der Waals surface area contributed by atoms with Gasteiger partial charge in [0.1, 0.15) is 5.01 Å². The molecule has 1 aliphatic rings. The molecule has 2 rings (SSSR count). The average molecular weight is 225 g/mol. The van der Waals surface area contributed by atoms with E-state index in [4.69, 9.17) is 5.73 Å². The van der Waals surface area contributed by atoms with E-state index < -0.39 is 0 Å². The smallest absolute Gasteiger partial charge is 0.224 e. The molecule has 1 aromatic heterocycles. The molecule has 1 amide bonds. The van der Waals surface area contributed by atoms with Crippen LogP contribution in [0.15, 0.2) is 6.20 Å². The predicted molar refractivity (Wildman–Crippen MR) is 59.6 cm³/mol. The van der Waals surface area contributed by atoms with Crippen LogP contribution in [-0.2, 0) is 4.79 Å². The van der Waals surface area contributed by atoms with Gasteiger partial charge in [0, 0.05) is 30.1 Å². The van der Waals surface area contributed by atoms with Gasteiger partial charge in [0.2, 0.25) is 5.91 Å². The highest BCUT2D eigenvalue weighted by molar-refractivity contribution is 7.11. The Morgan fingerprint density at radius 3 is 2.93 bits per heavy atom. The van der Waals surface area contributed by atoms with Crippen molar-refractivity contribution in [2.75, 3.05) is 6.54 Å². The first kappa shape index (κ1) is 10.6. The van der Waals surface area contributed by atoms with Gasteiger partial charge in [0.05, 0.1) is 6.04 Å². The summed E-state index contributed by atoms with van der Waals surface area (Å²) in [6.07, 6.45) is 2.31. The van der Waals surface area contributed by atoms with Gasteiger partial charge in [-0.15, -0.1) is 11.3 Å². The lowest BCUT2D eigenvalue weighted by Crippen LogP contribution is -2.30. The van der Waals surface area contributed by atoms with Gasteiger partial charge in [0.15, 0.2) is 0 Å². The fourth-order valence-electron chi connectivity index (χ4n) is 1.83. The summed E-state index contributed by atoms with van der Waals surface area (Å²) in [5, 5.41) is 0.995. The largest absolute Gasteiger partial charge is 0.332 e. The van der Waals surface area contributed by atoms with E-state index in [1.807, 2.05) is 24.9 Å². The Labute approximate surface area is 93.1 Å². The van der Waals surface area contributed by atoms with Gasteiger partial charge < -0.3 is 10.6 Å². The fraction of sp³-hybridized carbons (Fsp3) is 0.600. The van der Waals surface area contributed by atoms with E-state index >= 15 is 0 Å². The molecule has 1 saturated heterocycles. The molecule has 2 N–H and O–H groups in total. The molecule has 0 spiro atoms. The molecule has 1 aromatic rings. The van der Waals surface area contributed by atoms with Crippen molar-refractivity contribution in [3.05, 3.63) is 16.1 Å². The van der Waals surface area contributed by atoms with Crippen molar-refractivity contribution in [2.24, 2.45) is 5.73 Å². The molecule has 1 fully saturated rings. The minimum absolute atomic E-state index is 0.0130. The van der Waals surface area contributed by atoms with Gasteiger partial charge in [-0.2, -0.15) is 0 Å². The van der Waals surface area contributed by atoms with E-state index in [-0.39, 0.29) is 18.0 Å². The molecule has 82 valence electrons. The normalized spacial score (nSPS) is 23.5. The molecule has 1 aliphatic heterocycles. The van der Waals surface area contributed by atoms with Crippen LogP contribution in [0.4, 0.5) is 0 Å². The van der Waals surface area contributed by atoms with Crippen LogP contribution in [0.5, 0.6) is 0 Å². The van der Waals surface area contributed by atoms with Crippen molar-refractivity contribution in [1.82, 2.24) is 9.88 Å². The van der Waals surface area contributed by atoms with Crippen LogP contribution in [0.25, 0.3) is 0 Å². The number of rotatable bonds is 2. The lowest BCUT2D eigenvalue weighted by Gasteiger charge is -2.22. The summed E-state index contributed by atoms with van der Waals surface area (Å²) in [7, 11) is 0. The zero-order valence-corrected chi connectivity index (χ0v) is 9.75. The highest BCUT2D eigenvalue weighted by atomic mass is 32.1. The van der Waals surface area contributed by atoms with Crippen molar-refractivity contribution in [1.29, 1.82) is 0 Å². The molecule has 2 heterocycles. The van der Waals surface area contributed by atoms with Crippen molar-refractivity contribution < 1.29 is 4.79 Å². The summed E-state index contributed by atoms with van der Waals surface area (Å²) in [6, 6.07) is 0.0470. The van der Waals surface area contributed by atoms with Gasteiger partial charge in [-0.25, -0.2) is 4.98 Å². The molecule has 0 aliphatic carbocycles. The average Bonchev–Trinajstić information content (AvgIpc) is 2.71. The summed E-state index contributed by atoms with van der Waals surface area (Å²) in [4.78, 5) is 18.9. The van der Waals surface area contributed by atoms with Crippen LogP contribution >= 0.6 is 11.3 Å². The van der Waals surface area contributed by atoms with Crippen molar-refractivity contribution in [3.63, 3.8) is 0 Å².